The molecular weight excluding hydrogens is 708 g/mol. The lowest BCUT2D eigenvalue weighted by molar-refractivity contribution is -0.150. The van der Waals surface area contributed by atoms with E-state index in [0.717, 1.165) is 27.8 Å². The van der Waals surface area contributed by atoms with Crippen LogP contribution in [0.15, 0.2) is 77.3 Å². The van der Waals surface area contributed by atoms with Crippen LogP contribution in [0.1, 0.15) is 52.6 Å². The maximum atomic E-state index is 14.4. The molecule has 5 rings (SSSR count). The van der Waals surface area contributed by atoms with Gasteiger partial charge in [0, 0.05) is 34.3 Å². The Balaban J connectivity index is 1.62. The summed E-state index contributed by atoms with van der Waals surface area (Å²) in [5.41, 5.74) is 4.22. The van der Waals surface area contributed by atoms with Crippen LogP contribution in [0, 0.1) is 39.5 Å². The van der Waals surface area contributed by atoms with E-state index in [2.05, 4.69) is 26.6 Å². The number of rotatable bonds is 9. The molecule has 0 bridgehead atoms. The lowest BCUT2D eigenvalue weighted by atomic mass is 9.61. The summed E-state index contributed by atoms with van der Waals surface area (Å²) in [6.07, 6.45) is -0.392. The van der Waals surface area contributed by atoms with Gasteiger partial charge in [-0.15, -0.1) is 0 Å². The molecule has 0 radical (unpaired) electrons. The molecule has 1 saturated carbocycles. The summed E-state index contributed by atoms with van der Waals surface area (Å²) in [4.78, 5) is 42.6. The van der Waals surface area contributed by atoms with Gasteiger partial charge in [0.1, 0.15) is 18.3 Å². The van der Waals surface area contributed by atoms with Gasteiger partial charge in [0.25, 0.3) is 0 Å². The Hall–Kier alpha value is -4.18. The predicted octanol–water partition coefficient (Wildman–Crippen LogP) is 8.24. The molecule has 2 amide bonds. The van der Waals surface area contributed by atoms with Crippen molar-refractivity contribution in [3.8, 4) is 11.5 Å². The Kier molecular flexibility index (Phi) is 10.9. The average Bonchev–Trinajstić information content (AvgIpc) is 3.04. The van der Waals surface area contributed by atoms with E-state index in [1.54, 1.807) is 30.3 Å². The Bertz CT molecular complexity index is 1930. The molecule has 3 N–H and O–H groups in total. The molecule has 10 heteroatoms. The minimum absolute atomic E-state index is 0.145. The molecule has 0 aromatic heterocycles. The second kappa shape index (κ2) is 14.7. The second-order valence-corrected chi connectivity index (χ2v) is 14.1. The standard InChI is InChI=1S/C39H40BrClN2O6/c1-21-11-9-15-29(23(21)3)42-37(45)34-31(44)19-39(5,47)35(38(46)43-30-16-10-12-22(2)24(30)4)33(34)26-17-27(40)36(32(18-26)48-6)49-20-25-13-7-8-14-28(25)41/h7-18,33-35,47H,19-20H2,1-6H3,(H,42,45)(H,43,46). The van der Waals surface area contributed by atoms with E-state index < -0.39 is 47.4 Å². The third kappa shape index (κ3) is 7.54. The van der Waals surface area contributed by atoms with Crippen molar-refractivity contribution >= 4 is 56.5 Å². The van der Waals surface area contributed by atoms with Crippen LogP contribution in [-0.4, -0.2) is 35.4 Å². The lowest BCUT2D eigenvalue weighted by Gasteiger charge is -2.44. The van der Waals surface area contributed by atoms with Gasteiger partial charge in [0.15, 0.2) is 11.5 Å². The van der Waals surface area contributed by atoms with Crippen LogP contribution >= 0.6 is 27.5 Å². The van der Waals surface area contributed by atoms with E-state index >= 15 is 0 Å². The summed E-state index contributed by atoms with van der Waals surface area (Å²) >= 11 is 9.97. The first-order valence-electron chi connectivity index (χ1n) is 16.0. The highest BCUT2D eigenvalue weighted by Gasteiger charge is 2.56. The number of carbonyl (C=O) groups is 3. The number of halogens is 2. The third-order valence-electron chi connectivity index (χ3n) is 9.52. The van der Waals surface area contributed by atoms with Crippen molar-refractivity contribution in [1.29, 1.82) is 0 Å². The Labute approximate surface area is 300 Å². The molecule has 0 heterocycles. The second-order valence-electron chi connectivity index (χ2n) is 12.9. The Morgan fingerprint density at radius 1 is 0.918 bits per heavy atom. The fourth-order valence-corrected chi connectivity index (χ4v) is 7.29. The number of ether oxygens (including phenoxy) is 2. The molecule has 256 valence electrons. The molecule has 4 aromatic rings. The van der Waals surface area contributed by atoms with E-state index in [0.29, 0.717) is 37.9 Å². The number of hydrogen-bond donors (Lipinski definition) is 3. The first-order chi connectivity index (χ1) is 23.2. The summed E-state index contributed by atoms with van der Waals surface area (Å²) in [6.45, 7) is 9.28. The number of amides is 2. The van der Waals surface area contributed by atoms with Crippen molar-refractivity contribution in [1.82, 2.24) is 0 Å². The van der Waals surface area contributed by atoms with Gasteiger partial charge in [0.2, 0.25) is 11.8 Å². The number of methoxy groups -OCH3 is 1. The molecule has 4 atom stereocenters. The van der Waals surface area contributed by atoms with Gasteiger partial charge < -0.3 is 25.2 Å². The van der Waals surface area contributed by atoms with Crippen LogP contribution in [-0.2, 0) is 21.0 Å². The van der Waals surface area contributed by atoms with E-state index in [1.807, 2.05) is 70.2 Å². The van der Waals surface area contributed by atoms with Gasteiger partial charge in [-0.05, 0) is 109 Å². The molecule has 1 aliphatic rings. The number of anilines is 2. The van der Waals surface area contributed by atoms with Gasteiger partial charge in [-0.1, -0.05) is 54.1 Å². The third-order valence-corrected chi connectivity index (χ3v) is 10.5. The molecule has 4 aromatic carbocycles. The predicted molar refractivity (Wildman–Crippen MR) is 196 cm³/mol. The summed E-state index contributed by atoms with van der Waals surface area (Å²) in [6, 6.07) is 21.8. The topological polar surface area (TPSA) is 114 Å². The monoisotopic (exact) mass is 746 g/mol. The number of hydrogen-bond acceptors (Lipinski definition) is 6. The fraction of sp³-hybridized carbons (Fsp3) is 0.308. The number of ketones is 1. The highest BCUT2D eigenvalue weighted by Crippen LogP contribution is 2.50. The van der Waals surface area contributed by atoms with Crippen molar-refractivity contribution in [3.05, 3.63) is 116 Å². The van der Waals surface area contributed by atoms with Crippen LogP contribution < -0.4 is 20.1 Å². The Morgan fingerprint density at radius 2 is 1.51 bits per heavy atom. The van der Waals surface area contributed by atoms with Gasteiger partial charge in [-0.2, -0.15) is 0 Å². The van der Waals surface area contributed by atoms with Crippen LogP contribution in [0.2, 0.25) is 5.02 Å². The van der Waals surface area contributed by atoms with Gasteiger partial charge in [-0.3, -0.25) is 14.4 Å². The molecule has 8 nitrogen and oxygen atoms in total. The molecule has 49 heavy (non-hydrogen) atoms. The van der Waals surface area contributed by atoms with E-state index in [1.165, 1.54) is 14.0 Å². The average molecular weight is 748 g/mol. The van der Waals surface area contributed by atoms with Gasteiger partial charge in [-0.25, -0.2) is 0 Å². The number of carbonyl (C=O) groups excluding carboxylic acids is 3. The van der Waals surface area contributed by atoms with Crippen LogP contribution in [0.3, 0.4) is 0 Å². The quantitative estimate of drug-likeness (QED) is 0.149. The van der Waals surface area contributed by atoms with Crippen molar-refractivity contribution in [2.75, 3.05) is 17.7 Å². The maximum Gasteiger partial charge on any atom is 0.235 e. The molecule has 4 unspecified atom stereocenters. The largest absolute Gasteiger partial charge is 0.493 e. The van der Waals surface area contributed by atoms with E-state index in [-0.39, 0.29) is 6.61 Å². The SMILES string of the molecule is COc1cc(C2C(C(=O)Nc3cccc(C)c3C)C(=O)CC(C)(O)C2C(=O)Nc2cccc(C)c2C)cc(Br)c1OCc1ccccc1Cl. The minimum Gasteiger partial charge on any atom is -0.493 e. The minimum atomic E-state index is -1.79. The summed E-state index contributed by atoms with van der Waals surface area (Å²) < 4.78 is 12.4. The first-order valence-corrected chi connectivity index (χ1v) is 17.1. The number of Topliss-reactive ketones (excluding diaryl/α,β-unsaturated/α-hetero) is 1. The van der Waals surface area contributed by atoms with Crippen molar-refractivity contribution in [2.24, 2.45) is 11.8 Å². The number of aryl methyl sites for hydroxylation is 2. The van der Waals surface area contributed by atoms with Crippen LogP contribution in [0.25, 0.3) is 0 Å². The molecule has 1 aliphatic carbocycles. The summed E-state index contributed by atoms with van der Waals surface area (Å²) in [5, 5.41) is 18.4. The maximum absolute atomic E-state index is 14.4. The molecule has 0 aliphatic heterocycles. The summed E-state index contributed by atoms with van der Waals surface area (Å²) in [5.74, 6) is -4.53. The Morgan fingerprint density at radius 3 is 2.10 bits per heavy atom. The highest BCUT2D eigenvalue weighted by atomic mass is 79.9. The first kappa shape index (κ1) is 36.1. The summed E-state index contributed by atoms with van der Waals surface area (Å²) in [7, 11) is 1.48. The van der Waals surface area contributed by atoms with Crippen molar-refractivity contribution < 1.29 is 29.0 Å². The van der Waals surface area contributed by atoms with Crippen molar-refractivity contribution in [3.63, 3.8) is 0 Å². The van der Waals surface area contributed by atoms with E-state index in [4.69, 9.17) is 21.1 Å². The normalized spacial score (nSPS) is 20.4. The van der Waals surface area contributed by atoms with Gasteiger partial charge >= 0.3 is 0 Å². The number of nitrogens with one attached hydrogen (secondary N) is 2. The number of benzene rings is 4. The molecule has 1 fully saturated rings. The smallest absolute Gasteiger partial charge is 0.235 e. The molecule has 0 saturated heterocycles. The fourth-order valence-electron chi connectivity index (χ4n) is 6.52. The van der Waals surface area contributed by atoms with E-state index in [9.17, 15) is 19.5 Å². The highest BCUT2D eigenvalue weighted by molar-refractivity contribution is 9.10. The zero-order valence-corrected chi connectivity index (χ0v) is 30.7. The van der Waals surface area contributed by atoms with Gasteiger partial charge in [0.05, 0.1) is 23.1 Å². The molecular formula is C39H40BrClN2O6. The van der Waals surface area contributed by atoms with Crippen LogP contribution in [0.4, 0.5) is 11.4 Å². The zero-order valence-electron chi connectivity index (χ0n) is 28.3. The molecule has 0 spiro atoms. The van der Waals surface area contributed by atoms with Crippen LogP contribution in [0.5, 0.6) is 11.5 Å². The lowest BCUT2D eigenvalue weighted by Crippen LogP contribution is -2.56. The number of aliphatic hydroxyl groups is 1. The van der Waals surface area contributed by atoms with Crippen molar-refractivity contribution in [2.45, 2.75) is 59.2 Å². The zero-order chi connectivity index (χ0) is 35.6.